The standard InChI is InChI=1S/C10H10Br2O2/c11-6-7-1-2-9(12)8(5-7)10-13-3-4-14-10/h1-2,5,10H,3-4,6H2. The molecule has 0 bridgehead atoms. The van der Waals surface area contributed by atoms with Crippen molar-refractivity contribution in [3.05, 3.63) is 33.8 Å². The summed E-state index contributed by atoms with van der Waals surface area (Å²) >= 11 is 6.92. The summed E-state index contributed by atoms with van der Waals surface area (Å²) in [6.07, 6.45) is -0.205. The molecule has 0 atom stereocenters. The molecule has 0 saturated carbocycles. The molecule has 1 aromatic rings. The van der Waals surface area contributed by atoms with Gasteiger partial charge in [-0.2, -0.15) is 0 Å². The van der Waals surface area contributed by atoms with Crippen molar-refractivity contribution in [2.45, 2.75) is 11.6 Å². The van der Waals surface area contributed by atoms with Crippen LogP contribution in [0.1, 0.15) is 17.4 Å². The second-order valence-electron chi connectivity index (χ2n) is 3.06. The lowest BCUT2D eigenvalue weighted by Crippen LogP contribution is -1.99. The Labute approximate surface area is 99.8 Å². The van der Waals surface area contributed by atoms with E-state index in [-0.39, 0.29) is 6.29 Å². The van der Waals surface area contributed by atoms with Gasteiger partial charge in [-0.15, -0.1) is 0 Å². The molecule has 0 aromatic heterocycles. The second-order valence-corrected chi connectivity index (χ2v) is 4.48. The van der Waals surface area contributed by atoms with Gasteiger partial charge in [0.25, 0.3) is 0 Å². The van der Waals surface area contributed by atoms with Crippen LogP contribution in [0.5, 0.6) is 0 Å². The van der Waals surface area contributed by atoms with Gasteiger partial charge in [-0.05, 0) is 17.7 Å². The van der Waals surface area contributed by atoms with Crippen LogP contribution in [-0.4, -0.2) is 13.2 Å². The predicted molar refractivity (Wildman–Crippen MR) is 61.4 cm³/mol. The Balaban J connectivity index is 2.29. The van der Waals surface area contributed by atoms with Gasteiger partial charge in [-0.1, -0.05) is 37.9 Å². The summed E-state index contributed by atoms with van der Waals surface area (Å²) in [6.45, 7) is 1.35. The highest BCUT2D eigenvalue weighted by Crippen LogP contribution is 2.30. The van der Waals surface area contributed by atoms with E-state index in [2.05, 4.69) is 44.0 Å². The third-order valence-electron chi connectivity index (χ3n) is 2.09. The third-order valence-corrected chi connectivity index (χ3v) is 3.46. The van der Waals surface area contributed by atoms with E-state index >= 15 is 0 Å². The summed E-state index contributed by atoms with van der Waals surface area (Å²) in [5.41, 5.74) is 2.29. The average molecular weight is 322 g/mol. The Hall–Kier alpha value is 0.1000. The van der Waals surface area contributed by atoms with Crippen molar-refractivity contribution in [2.75, 3.05) is 13.2 Å². The molecule has 0 N–H and O–H groups in total. The number of hydrogen-bond donors (Lipinski definition) is 0. The number of hydrogen-bond acceptors (Lipinski definition) is 2. The van der Waals surface area contributed by atoms with Crippen LogP contribution < -0.4 is 0 Å². The molecule has 0 aliphatic carbocycles. The van der Waals surface area contributed by atoms with E-state index in [0.29, 0.717) is 13.2 Å². The zero-order chi connectivity index (χ0) is 9.97. The molecule has 14 heavy (non-hydrogen) atoms. The molecule has 0 unspecified atom stereocenters. The SMILES string of the molecule is BrCc1ccc(Br)c(C2OCCO2)c1. The Kier molecular flexibility index (Phi) is 3.60. The molecular weight excluding hydrogens is 312 g/mol. The van der Waals surface area contributed by atoms with Crippen molar-refractivity contribution in [1.82, 2.24) is 0 Å². The predicted octanol–water partition coefficient (Wildman–Crippen LogP) is 3.39. The summed E-state index contributed by atoms with van der Waals surface area (Å²) in [5.74, 6) is 0. The van der Waals surface area contributed by atoms with Gasteiger partial charge in [0.1, 0.15) is 0 Å². The lowest BCUT2D eigenvalue weighted by Gasteiger charge is -2.12. The van der Waals surface area contributed by atoms with E-state index in [4.69, 9.17) is 9.47 Å². The molecule has 1 aromatic carbocycles. The van der Waals surface area contributed by atoms with Crippen LogP contribution in [-0.2, 0) is 14.8 Å². The first kappa shape index (κ1) is 10.6. The van der Waals surface area contributed by atoms with Crippen LogP contribution in [0.15, 0.2) is 22.7 Å². The summed E-state index contributed by atoms with van der Waals surface area (Å²) in [6, 6.07) is 6.18. The zero-order valence-electron chi connectivity index (χ0n) is 7.50. The van der Waals surface area contributed by atoms with Crippen molar-refractivity contribution < 1.29 is 9.47 Å². The maximum absolute atomic E-state index is 5.45. The fourth-order valence-electron chi connectivity index (χ4n) is 1.39. The Morgan fingerprint density at radius 3 is 2.64 bits per heavy atom. The van der Waals surface area contributed by atoms with Gasteiger partial charge in [-0.3, -0.25) is 0 Å². The van der Waals surface area contributed by atoms with Crippen LogP contribution >= 0.6 is 31.9 Å². The first-order chi connectivity index (χ1) is 6.81. The highest BCUT2D eigenvalue weighted by atomic mass is 79.9. The summed E-state index contributed by atoms with van der Waals surface area (Å²) in [4.78, 5) is 0. The molecule has 1 aliphatic heterocycles. The topological polar surface area (TPSA) is 18.5 Å². The van der Waals surface area contributed by atoms with Crippen molar-refractivity contribution >= 4 is 31.9 Å². The van der Waals surface area contributed by atoms with Gasteiger partial charge in [-0.25, -0.2) is 0 Å². The van der Waals surface area contributed by atoms with E-state index in [0.717, 1.165) is 15.4 Å². The molecule has 2 nitrogen and oxygen atoms in total. The minimum Gasteiger partial charge on any atom is -0.346 e. The lowest BCUT2D eigenvalue weighted by molar-refractivity contribution is -0.0446. The van der Waals surface area contributed by atoms with Crippen LogP contribution in [0.4, 0.5) is 0 Å². The Morgan fingerprint density at radius 2 is 2.00 bits per heavy atom. The van der Waals surface area contributed by atoms with Crippen LogP contribution in [0.2, 0.25) is 0 Å². The van der Waals surface area contributed by atoms with Gasteiger partial charge >= 0.3 is 0 Å². The lowest BCUT2D eigenvalue weighted by atomic mass is 10.1. The third kappa shape index (κ3) is 2.19. The second kappa shape index (κ2) is 4.75. The molecular formula is C10H10Br2O2. The molecule has 2 rings (SSSR count). The molecule has 4 heteroatoms. The molecule has 1 fully saturated rings. The summed E-state index contributed by atoms with van der Waals surface area (Å²) < 4.78 is 11.9. The number of rotatable bonds is 2. The molecule has 0 radical (unpaired) electrons. The normalized spacial score (nSPS) is 17.6. The molecule has 76 valence electrons. The summed E-state index contributed by atoms with van der Waals surface area (Å²) in [7, 11) is 0. The van der Waals surface area contributed by atoms with E-state index in [1.165, 1.54) is 5.56 Å². The summed E-state index contributed by atoms with van der Waals surface area (Å²) in [5, 5.41) is 0.847. The van der Waals surface area contributed by atoms with Crippen molar-refractivity contribution in [3.8, 4) is 0 Å². The van der Waals surface area contributed by atoms with Gasteiger partial charge in [0, 0.05) is 15.4 Å². The van der Waals surface area contributed by atoms with Crippen LogP contribution in [0.25, 0.3) is 0 Å². The minimum absolute atomic E-state index is 0.205. The minimum atomic E-state index is -0.205. The fourth-order valence-corrected chi connectivity index (χ4v) is 2.18. The van der Waals surface area contributed by atoms with Gasteiger partial charge in [0.05, 0.1) is 13.2 Å². The fraction of sp³-hybridized carbons (Fsp3) is 0.400. The number of ether oxygens (including phenoxy) is 2. The molecule has 0 spiro atoms. The van der Waals surface area contributed by atoms with E-state index in [1.807, 2.05) is 6.07 Å². The first-order valence-electron chi connectivity index (χ1n) is 4.39. The maximum atomic E-state index is 5.45. The van der Waals surface area contributed by atoms with Crippen molar-refractivity contribution in [3.63, 3.8) is 0 Å². The van der Waals surface area contributed by atoms with Gasteiger partial charge in [0.15, 0.2) is 6.29 Å². The van der Waals surface area contributed by atoms with Crippen LogP contribution in [0.3, 0.4) is 0 Å². The molecule has 1 heterocycles. The maximum Gasteiger partial charge on any atom is 0.185 e. The average Bonchev–Trinajstić information content (AvgIpc) is 2.71. The van der Waals surface area contributed by atoms with Crippen LogP contribution in [0, 0.1) is 0 Å². The Bertz CT molecular complexity index is 322. The van der Waals surface area contributed by atoms with Crippen molar-refractivity contribution in [1.29, 1.82) is 0 Å². The number of halogens is 2. The van der Waals surface area contributed by atoms with Gasteiger partial charge in [0.2, 0.25) is 0 Å². The molecule has 0 amide bonds. The largest absolute Gasteiger partial charge is 0.346 e. The molecule has 1 saturated heterocycles. The van der Waals surface area contributed by atoms with E-state index in [1.54, 1.807) is 0 Å². The molecule has 1 aliphatic rings. The smallest absolute Gasteiger partial charge is 0.185 e. The van der Waals surface area contributed by atoms with E-state index in [9.17, 15) is 0 Å². The highest BCUT2D eigenvalue weighted by molar-refractivity contribution is 9.10. The highest BCUT2D eigenvalue weighted by Gasteiger charge is 2.20. The van der Waals surface area contributed by atoms with Crippen molar-refractivity contribution in [2.24, 2.45) is 0 Å². The Morgan fingerprint density at radius 1 is 1.29 bits per heavy atom. The first-order valence-corrected chi connectivity index (χ1v) is 6.30. The monoisotopic (exact) mass is 320 g/mol. The van der Waals surface area contributed by atoms with Gasteiger partial charge < -0.3 is 9.47 Å². The number of alkyl halides is 1. The zero-order valence-corrected chi connectivity index (χ0v) is 10.7. The van der Waals surface area contributed by atoms with E-state index < -0.39 is 0 Å². The number of benzene rings is 1. The quantitative estimate of drug-likeness (QED) is 0.777.